The molecule has 2 fully saturated rings. The molecule has 0 aromatic rings. The van der Waals surface area contributed by atoms with Crippen LogP contribution < -0.4 is 5.73 Å². The van der Waals surface area contributed by atoms with E-state index in [2.05, 4.69) is 22.0 Å². The van der Waals surface area contributed by atoms with Gasteiger partial charge < -0.3 is 15.2 Å². The van der Waals surface area contributed by atoms with Crippen molar-refractivity contribution in [2.75, 3.05) is 7.11 Å². The van der Waals surface area contributed by atoms with E-state index >= 15 is 0 Å². The number of carbonyl (C=O) groups excluding carboxylic acids is 2. The zero-order valence-electron chi connectivity index (χ0n) is 14.2. The van der Waals surface area contributed by atoms with Crippen molar-refractivity contribution in [1.29, 1.82) is 0 Å². The van der Waals surface area contributed by atoms with Gasteiger partial charge in [0.1, 0.15) is 11.9 Å². The van der Waals surface area contributed by atoms with Crippen molar-refractivity contribution in [3.63, 3.8) is 0 Å². The number of hydrogen-bond acceptors (Lipinski definition) is 4. The maximum Gasteiger partial charge on any atom is 0.220 e. The van der Waals surface area contributed by atoms with Gasteiger partial charge in [0, 0.05) is 23.2 Å². The SMILES string of the molecule is COC1=C2OC3CC(=O)C=CC34CCCC(C(N)=O)CC24CC(Br)=C1. The van der Waals surface area contributed by atoms with Crippen molar-refractivity contribution in [2.24, 2.45) is 22.5 Å². The van der Waals surface area contributed by atoms with Gasteiger partial charge in [-0.2, -0.15) is 0 Å². The molecule has 4 unspecified atom stereocenters. The number of amides is 1. The van der Waals surface area contributed by atoms with Crippen molar-refractivity contribution in [1.82, 2.24) is 0 Å². The fourth-order valence-corrected chi connectivity index (χ4v) is 6.03. The number of carbonyl (C=O) groups is 2. The highest BCUT2D eigenvalue weighted by atomic mass is 79.9. The van der Waals surface area contributed by atoms with Crippen molar-refractivity contribution >= 4 is 27.6 Å². The molecule has 0 aromatic carbocycles. The average molecular weight is 408 g/mol. The highest BCUT2D eigenvalue weighted by Gasteiger charge is 2.67. The molecular formula is C19H22BrNO4. The second-order valence-electron chi connectivity index (χ2n) is 7.59. The highest BCUT2D eigenvalue weighted by molar-refractivity contribution is 9.11. The lowest BCUT2D eigenvalue weighted by Gasteiger charge is -2.46. The van der Waals surface area contributed by atoms with Gasteiger partial charge in [-0.25, -0.2) is 0 Å². The molecule has 1 saturated heterocycles. The molecule has 0 radical (unpaired) electrons. The fourth-order valence-electron chi connectivity index (χ4n) is 5.35. The number of halogens is 1. The van der Waals surface area contributed by atoms with Gasteiger partial charge in [0.05, 0.1) is 7.11 Å². The Balaban J connectivity index is 1.94. The summed E-state index contributed by atoms with van der Waals surface area (Å²) in [6.45, 7) is 0. The van der Waals surface area contributed by atoms with Crippen LogP contribution in [0.1, 0.15) is 38.5 Å². The Bertz CT molecular complexity index is 740. The van der Waals surface area contributed by atoms with Crippen LogP contribution in [0.2, 0.25) is 0 Å². The summed E-state index contributed by atoms with van der Waals surface area (Å²) in [4.78, 5) is 24.1. The summed E-state index contributed by atoms with van der Waals surface area (Å²) in [5.41, 5.74) is 5.01. The first-order valence-electron chi connectivity index (χ1n) is 8.75. The van der Waals surface area contributed by atoms with Crippen LogP contribution in [-0.2, 0) is 19.1 Å². The molecule has 5 nitrogen and oxygen atoms in total. The normalized spacial score (nSPS) is 39.6. The Labute approximate surface area is 155 Å². The van der Waals surface area contributed by atoms with E-state index in [4.69, 9.17) is 15.2 Å². The van der Waals surface area contributed by atoms with Gasteiger partial charge in [-0.1, -0.05) is 28.4 Å². The second kappa shape index (κ2) is 5.73. The quantitative estimate of drug-likeness (QED) is 0.762. The molecule has 25 heavy (non-hydrogen) atoms. The molecular weight excluding hydrogens is 386 g/mol. The third-order valence-electron chi connectivity index (χ3n) is 6.46. The first kappa shape index (κ1) is 16.9. The van der Waals surface area contributed by atoms with Gasteiger partial charge in [0.25, 0.3) is 0 Å². The Morgan fingerprint density at radius 3 is 3.00 bits per heavy atom. The van der Waals surface area contributed by atoms with Gasteiger partial charge in [-0.15, -0.1) is 0 Å². The molecule has 0 bridgehead atoms. The number of ketones is 1. The predicted octanol–water partition coefficient (Wildman–Crippen LogP) is 3.10. The molecule has 3 aliphatic carbocycles. The molecule has 1 aliphatic heterocycles. The maximum absolute atomic E-state index is 12.0. The minimum atomic E-state index is -0.399. The van der Waals surface area contributed by atoms with E-state index in [0.29, 0.717) is 18.6 Å². The van der Waals surface area contributed by atoms with Gasteiger partial charge in [-0.05, 0) is 42.3 Å². The van der Waals surface area contributed by atoms with E-state index in [-0.39, 0.29) is 29.1 Å². The van der Waals surface area contributed by atoms with E-state index in [9.17, 15) is 9.59 Å². The van der Waals surface area contributed by atoms with Crippen LogP contribution in [0.4, 0.5) is 0 Å². The standard InChI is InChI=1S/C19H22BrNO4/c1-24-14-7-12(20)10-19-9-11(17(21)23)3-2-5-18(19)6-4-13(22)8-15(18)25-16(14)19/h4,6-7,11,15H,2-3,5,8-10H2,1H3,(H2,21,23). The van der Waals surface area contributed by atoms with Crippen molar-refractivity contribution in [2.45, 2.75) is 44.6 Å². The van der Waals surface area contributed by atoms with Gasteiger partial charge >= 0.3 is 0 Å². The molecule has 134 valence electrons. The molecule has 4 rings (SSSR count). The van der Waals surface area contributed by atoms with E-state index in [1.54, 1.807) is 13.2 Å². The van der Waals surface area contributed by atoms with Gasteiger partial charge in [0.2, 0.25) is 5.91 Å². The van der Waals surface area contributed by atoms with Crippen LogP contribution in [0.5, 0.6) is 0 Å². The number of methoxy groups -OCH3 is 1. The molecule has 6 heteroatoms. The first-order chi connectivity index (χ1) is 11.9. The number of hydrogen-bond donors (Lipinski definition) is 1. The molecule has 2 spiro atoms. The number of allylic oxidation sites excluding steroid dienone is 4. The number of primary amides is 1. The minimum Gasteiger partial charge on any atom is -0.493 e. The zero-order valence-corrected chi connectivity index (χ0v) is 15.8. The first-order valence-corrected chi connectivity index (χ1v) is 9.54. The summed E-state index contributed by atoms with van der Waals surface area (Å²) >= 11 is 3.65. The van der Waals surface area contributed by atoms with Crippen LogP contribution in [-0.4, -0.2) is 24.9 Å². The molecule has 2 N–H and O–H groups in total. The van der Waals surface area contributed by atoms with Crippen molar-refractivity contribution in [3.05, 3.63) is 34.2 Å². The lowest BCUT2D eigenvalue weighted by Crippen LogP contribution is -2.46. The predicted molar refractivity (Wildman–Crippen MR) is 95.3 cm³/mol. The van der Waals surface area contributed by atoms with Crippen LogP contribution >= 0.6 is 15.9 Å². The topological polar surface area (TPSA) is 78.6 Å². The Hall–Kier alpha value is -1.56. The average Bonchev–Trinajstić information content (AvgIpc) is 2.72. The fraction of sp³-hybridized carbons (Fsp3) is 0.579. The number of nitrogens with two attached hydrogens (primary N) is 1. The molecule has 4 atom stereocenters. The third-order valence-corrected chi connectivity index (χ3v) is 6.97. The molecule has 1 amide bonds. The maximum atomic E-state index is 12.0. The van der Waals surface area contributed by atoms with Gasteiger partial charge in [-0.3, -0.25) is 9.59 Å². The lowest BCUT2D eigenvalue weighted by atomic mass is 9.54. The summed E-state index contributed by atoms with van der Waals surface area (Å²) in [5, 5.41) is 0. The van der Waals surface area contributed by atoms with Crippen molar-refractivity contribution in [3.8, 4) is 0 Å². The summed E-state index contributed by atoms with van der Waals surface area (Å²) in [6.07, 6.45) is 9.77. The van der Waals surface area contributed by atoms with Crippen molar-refractivity contribution < 1.29 is 19.1 Å². The van der Waals surface area contributed by atoms with E-state index in [1.807, 2.05) is 6.08 Å². The Morgan fingerprint density at radius 2 is 2.28 bits per heavy atom. The zero-order chi connectivity index (χ0) is 17.8. The molecule has 0 aromatic heterocycles. The van der Waals surface area contributed by atoms with E-state index in [0.717, 1.165) is 35.9 Å². The third kappa shape index (κ3) is 2.26. The van der Waals surface area contributed by atoms with Crippen LogP contribution in [0.3, 0.4) is 0 Å². The van der Waals surface area contributed by atoms with Crippen LogP contribution in [0, 0.1) is 16.7 Å². The van der Waals surface area contributed by atoms with Gasteiger partial charge in [0.15, 0.2) is 11.5 Å². The number of ether oxygens (including phenoxy) is 2. The minimum absolute atomic E-state index is 0.0895. The monoisotopic (exact) mass is 407 g/mol. The molecule has 1 heterocycles. The summed E-state index contributed by atoms with van der Waals surface area (Å²) in [7, 11) is 1.62. The Morgan fingerprint density at radius 1 is 1.48 bits per heavy atom. The Kier molecular flexibility index (Phi) is 3.87. The van der Waals surface area contributed by atoms with Crippen LogP contribution in [0.25, 0.3) is 0 Å². The number of rotatable bonds is 2. The smallest absolute Gasteiger partial charge is 0.220 e. The molecule has 4 aliphatic rings. The summed E-state index contributed by atoms with van der Waals surface area (Å²) in [6, 6.07) is 0. The van der Waals surface area contributed by atoms with E-state index in [1.165, 1.54) is 0 Å². The summed E-state index contributed by atoms with van der Waals surface area (Å²) < 4.78 is 13.0. The highest BCUT2D eigenvalue weighted by Crippen LogP contribution is 2.69. The lowest BCUT2D eigenvalue weighted by molar-refractivity contribution is -0.123. The van der Waals surface area contributed by atoms with Crippen LogP contribution in [0.15, 0.2) is 34.2 Å². The summed E-state index contributed by atoms with van der Waals surface area (Å²) in [5.74, 6) is 1.11. The van der Waals surface area contributed by atoms with E-state index < -0.39 is 5.41 Å². The largest absolute Gasteiger partial charge is 0.493 e. The molecule has 1 saturated carbocycles. The second-order valence-corrected chi connectivity index (χ2v) is 8.61.